The van der Waals surface area contributed by atoms with Crippen molar-refractivity contribution < 1.29 is 18.9 Å². The van der Waals surface area contributed by atoms with Gasteiger partial charge in [0.2, 0.25) is 0 Å². The normalized spacial score (nSPS) is 10.8. The van der Waals surface area contributed by atoms with Gasteiger partial charge in [0.1, 0.15) is 11.5 Å². The first-order valence-corrected chi connectivity index (χ1v) is 9.38. The number of nitrogens with one attached hydrogen (secondary N) is 2. The molecule has 0 aliphatic carbocycles. The fourth-order valence-electron chi connectivity index (χ4n) is 2.67. The van der Waals surface area contributed by atoms with Crippen LogP contribution in [0.15, 0.2) is 58.0 Å². The SMILES string of the molecule is Cc1ccc(NC(=O)C(=O)N/N=C/c2ccc(-c3ccc([N+](=O)[O-])cc3C)o2)cc1Cl. The highest BCUT2D eigenvalue weighted by Crippen LogP contribution is 2.28. The van der Waals surface area contributed by atoms with E-state index in [1.54, 1.807) is 37.3 Å². The summed E-state index contributed by atoms with van der Waals surface area (Å²) in [6.07, 6.45) is 1.23. The van der Waals surface area contributed by atoms with Crippen LogP contribution in [0.4, 0.5) is 11.4 Å². The van der Waals surface area contributed by atoms with E-state index in [0.717, 1.165) is 5.56 Å². The van der Waals surface area contributed by atoms with Crippen molar-refractivity contribution in [2.45, 2.75) is 13.8 Å². The van der Waals surface area contributed by atoms with E-state index in [2.05, 4.69) is 15.8 Å². The largest absolute Gasteiger partial charge is 0.455 e. The van der Waals surface area contributed by atoms with Crippen molar-refractivity contribution in [3.63, 3.8) is 0 Å². The Hall–Kier alpha value is -3.98. The van der Waals surface area contributed by atoms with Crippen molar-refractivity contribution in [3.8, 4) is 11.3 Å². The molecule has 0 bridgehead atoms. The molecule has 2 N–H and O–H groups in total. The standard InChI is InChI=1S/C21H17ClN4O5/c1-12-3-4-14(10-18(12)22)24-20(27)21(28)25-23-11-16-6-8-19(31-16)17-7-5-15(26(29)30)9-13(17)2/h3-11H,1-2H3,(H,24,27)(H,25,28)/b23-11+. The Bertz CT molecular complexity index is 1200. The molecule has 0 saturated heterocycles. The van der Waals surface area contributed by atoms with E-state index in [4.69, 9.17) is 16.0 Å². The number of aryl methyl sites for hydroxylation is 2. The number of halogens is 1. The van der Waals surface area contributed by atoms with Gasteiger partial charge >= 0.3 is 11.8 Å². The second-order valence-electron chi connectivity index (χ2n) is 6.58. The smallest absolute Gasteiger partial charge is 0.329 e. The molecule has 3 aromatic rings. The minimum absolute atomic E-state index is 0.0107. The predicted molar refractivity (Wildman–Crippen MR) is 116 cm³/mol. The Balaban J connectivity index is 1.61. The molecule has 0 atom stereocenters. The molecule has 0 unspecified atom stereocenters. The maximum Gasteiger partial charge on any atom is 0.329 e. The lowest BCUT2D eigenvalue weighted by molar-refractivity contribution is -0.384. The van der Waals surface area contributed by atoms with Crippen LogP contribution < -0.4 is 10.7 Å². The van der Waals surface area contributed by atoms with Gasteiger partial charge in [0.05, 0.1) is 11.1 Å². The van der Waals surface area contributed by atoms with Crippen molar-refractivity contribution in [2.24, 2.45) is 5.10 Å². The average molecular weight is 441 g/mol. The van der Waals surface area contributed by atoms with Gasteiger partial charge in [0.25, 0.3) is 5.69 Å². The van der Waals surface area contributed by atoms with Crippen LogP contribution in [0, 0.1) is 24.0 Å². The highest BCUT2D eigenvalue weighted by molar-refractivity contribution is 6.39. The first-order valence-electron chi connectivity index (χ1n) is 9.00. The number of nitrogens with zero attached hydrogens (tertiary/aromatic N) is 2. The van der Waals surface area contributed by atoms with E-state index in [0.29, 0.717) is 33.4 Å². The topological polar surface area (TPSA) is 127 Å². The van der Waals surface area contributed by atoms with Crippen LogP contribution in [-0.4, -0.2) is 23.0 Å². The third-order valence-corrected chi connectivity index (χ3v) is 4.71. The molecule has 2 aromatic carbocycles. The summed E-state index contributed by atoms with van der Waals surface area (Å²) in [5, 5.41) is 17.4. The summed E-state index contributed by atoms with van der Waals surface area (Å²) in [6.45, 7) is 3.55. The molecule has 1 heterocycles. The molecule has 0 spiro atoms. The quantitative estimate of drug-likeness (QED) is 0.266. The first-order chi connectivity index (χ1) is 14.7. The maximum atomic E-state index is 11.9. The summed E-state index contributed by atoms with van der Waals surface area (Å²) in [5.41, 5.74) is 4.68. The predicted octanol–water partition coefficient (Wildman–Crippen LogP) is 4.21. The van der Waals surface area contributed by atoms with Crippen molar-refractivity contribution in [1.82, 2.24) is 5.43 Å². The van der Waals surface area contributed by atoms with E-state index in [-0.39, 0.29) is 5.69 Å². The Kier molecular flexibility index (Phi) is 6.46. The lowest BCUT2D eigenvalue weighted by Crippen LogP contribution is -2.32. The van der Waals surface area contributed by atoms with Crippen LogP contribution in [0.25, 0.3) is 11.3 Å². The first kappa shape index (κ1) is 21.7. The summed E-state index contributed by atoms with van der Waals surface area (Å²) >= 11 is 5.99. The molecule has 0 radical (unpaired) electrons. The van der Waals surface area contributed by atoms with Gasteiger partial charge in [-0.1, -0.05) is 17.7 Å². The second kappa shape index (κ2) is 9.23. The number of hydrazone groups is 1. The van der Waals surface area contributed by atoms with Crippen molar-refractivity contribution in [1.29, 1.82) is 0 Å². The van der Waals surface area contributed by atoms with Gasteiger partial charge in [-0.2, -0.15) is 5.10 Å². The number of non-ortho nitro benzene ring substituents is 1. The Labute approximate surface area is 181 Å². The van der Waals surface area contributed by atoms with E-state index in [1.165, 1.54) is 24.4 Å². The molecule has 0 fully saturated rings. The molecule has 0 saturated carbocycles. The third kappa shape index (κ3) is 5.34. The molecule has 158 valence electrons. The summed E-state index contributed by atoms with van der Waals surface area (Å²) in [4.78, 5) is 34.2. The summed E-state index contributed by atoms with van der Waals surface area (Å²) in [7, 11) is 0. The van der Waals surface area contributed by atoms with E-state index in [9.17, 15) is 19.7 Å². The van der Waals surface area contributed by atoms with Crippen LogP contribution in [0.3, 0.4) is 0 Å². The summed E-state index contributed by atoms with van der Waals surface area (Å²) in [5.74, 6) is -1.07. The Morgan fingerprint density at radius 1 is 1.06 bits per heavy atom. The minimum Gasteiger partial charge on any atom is -0.455 e. The number of nitro benzene ring substituents is 1. The number of benzene rings is 2. The van der Waals surface area contributed by atoms with Gasteiger partial charge in [-0.3, -0.25) is 19.7 Å². The van der Waals surface area contributed by atoms with Gasteiger partial charge in [-0.15, -0.1) is 0 Å². The number of carbonyl (C=O) groups excluding carboxylic acids is 2. The number of hydrogen-bond acceptors (Lipinski definition) is 6. The number of amides is 2. The number of rotatable bonds is 5. The molecule has 10 heteroatoms. The third-order valence-electron chi connectivity index (χ3n) is 4.31. The van der Waals surface area contributed by atoms with E-state index >= 15 is 0 Å². The fourth-order valence-corrected chi connectivity index (χ4v) is 2.85. The highest BCUT2D eigenvalue weighted by atomic mass is 35.5. The molecule has 9 nitrogen and oxygen atoms in total. The maximum absolute atomic E-state index is 11.9. The van der Waals surface area contributed by atoms with Crippen LogP contribution in [-0.2, 0) is 9.59 Å². The number of carbonyl (C=O) groups is 2. The molecule has 31 heavy (non-hydrogen) atoms. The molecular weight excluding hydrogens is 424 g/mol. The van der Waals surface area contributed by atoms with Gasteiger partial charge in [-0.05, 0) is 55.3 Å². The molecule has 3 rings (SSSR count). The van der Waals surface area contributed by atoms with E-state index in [1.807, 2.05) is 6.92 Å². The van der Waals surface area contributed by atoms with Crippen LogP contribution in [0.1, 0.15) is 16.9 Å². The molecule has 0 aliphatic heterocycles. The Morgan fingerprint density at radius 2 is 1.84 bits per heavy atom. The monoisotopic (exact) mass is 440 g/mol. The van der Waals surface area contributed by atoms with Gasteiger partial charge in [0.15, 0.2) is 0 Å². The molecule has 2 amide bonds. The van der Waals surface area contributed by atoms with Gasteiger partial charge in [-0.25, -0.2) is 5.43 Å². The number of nitro groups is 1. The van der Waals surface area contributed by atoms with Gasteiger partial charge < -0.3 is 9.73 Å². The zero-order chi connectivity index (χ0) is 22.5. The lowest BCUT2D eigenvalue weighted by Gasteiger charge is -2.05. The summed E-state index contributed by atoms with van der Waals surface area (Å²) in [6, 6.07) is 12.6. The molecule has 1 aromatic heterocycles. The van der Waals surface area contributed by atoms with Gasteiger partial charge in [0, 0.05) is 28.4 Å². The van der Waals surface area contributed by atoms with Crippen LogP contribution >= 0.6 is 11.6 Å². The second-order valence-corrected chi connectivity index (χ2v) is 6.98. The average Bonchev–Trinajstić information content (AvgIpc) is 3.19. The number of hydrogen-bond donors (Lipinski definition) is 2. The van der Waals surface area contributed by atoms with Crippen LogP contribution in [0.5, 0.6) is 0 Å². The fraction of sp³-hybridized carbons (Fsp3) is 0.0952. The number of furan rings is 1. The van der Waals surface area contributed by atoms with Crippen molar-refractivity contribution >= 4 is 41.0 Å². The highest BCUT2D eigenvalue weighted by Gasteiger charge is 2.14. The minimum atomic E-state index is -0.967. The van der Waals surface area contributed by atoms with E-state index < -0.39 is 16.7 Å². The van der Waals surface area contributed by atoms with Crippen molar-refractivity contribution in [2.75, 3.05) is 5.32 Å². The summed E-state index contributed by atoms with van der Waals surface area (Å²) < 4.78 is 5.63. The zero-order valence-electron chi connectivity index (χ0n) is 16.5. The molecular formula is C21H17ClN4O5. The molecule has 0 aliphatic rings. The van der Waals surface area contributed by atoms with Crippen LogP contribution in [0.2, 0.25) is 5.02 Å². The zero-order valence-corrected chi connectivity index (χ0v) is 17.3. The van der Waals surface area contributed by atoms with Crippen molar-refractivity contribution in [3.05, 3.63) is 80.6 Å². The Morgan fingerprint density at radius 3 is 2.52 bits per heavy atom. The number of anilines is 1. The lowest BCUT2D eigenvalue weighted by atomic mass is 10.1.